The Morgan fingerprint density at radius 2 is 1.46 bits per heavy atom. The lowest BCUT2D eigenvalue weighted by Crippen LogP contribution is -2.22. The number of rotatable bonds is 16. The summed E-state index contributed by atoms with van der Waals surface area (Å²) >= 11 is 0. The molecule has 3 aromatic carbocycles. The molecule has 0 fully saturated rings. The van der Waals surface area contributed by atoms with Crippen molar-refractivity contribution in [3.8, 4) is 11.5 Å². The molecule has 3 rings (SSSR count). The van der Waals surface area contributed by atoms with Crippen LogP contribution in [0.2, 0.25) is 0 Å². The molecule has 5 heteroatoms. The van der Waals surface area contributed by atoms with E-state index in [2.05, 4.69) is 41.8 Å². The van der Waals surface area contributed by atoms with Crippen LogP contribution in [0.4, 0.5) is 11.4 Å². The van der Waals surface area contributed by atoms with Crippen molar-refractivity contribution in [3.05, 3.63) is 84.4 Å². The van der Waals surface area contributed by atoms with Crippen LogP contribution in [-0.2, 0) is 11.2 Å². The molecule has 2 N–H and O–H groups in total. The summed E-state index contributed by atoms with van der Waals surface area (Å²) in [6.45, 7) is 3.72. The number of unbranched alkanes of at least 4 members (excludes halogenated alkanes) is 4. The molecule has 3 aromatic rings. The fourth-order valence-electron chi connectivity index (χ4n) is 3.75. The summed E-state index contributed by atoms with van der Waals surface area (Å²) in [7, 11) is 0. The summed E-state index contributed by atoms with van der Waals surface area (Å²) < 4.78 is 11.8. The highest BCUT2D eigenvalue weighted by Gasteiger charge is 2.07. The number of aryl methyl sites for hydroxylation is 1. The van der Waals surface area contributed by atoms with Crippen LogP contribution in [0.1, 0.15) is 51.0 Å². The highest BCUT2D eigenvalue weighted by Crippen LogP contribution is 2.24. The molecule has 0 radical (unpaired) electrons. The fraction of sp³-hybridized carbons (Fsp3) is 0.367. The summed E-state index contributed by atoms with van der Waals surface area (Å²) in [6, 6.07) is 25.6. The van der Waals surface area contributed by atoms with Gasteiger partial charge in [-0.15, -0.1) is 0 Å². The van der Waals surface area contributed by atoms with Crippen LogP contribution in [-0.4, -0.2) is 25.7 Å². The Labute approximate surface area is 209 Å². The van der Waals surface area contributed by atoms with Crippen molar-refractivity contribution < 1.29 is 14.3 Å². The molecule has 0 aliphatic rings. The predicted octanol–water partition coefficient (Wildman–Crippen LogP) is 7.10. The van der Waals surface area contributed by atoms with E-state index in [0.717, 1.165) is 48.7 Å². The number of nitrogens with one attached hydrogen (secondary N) is 2. The van der Waals surface area contributed by atoms with Gasteiger partial charge in [0.2, 0.25) is 5.91 Å². The third-order valence-corrected chi connectivity index (χ3v) is 5.69. The van der Waals surface area contributed by atoms with Crippen molar-refractivity contribution in [1.29, 1.82) is 0 Å². The summed E-state index contributed by atoms with van der Waals surface area (Å²) in [6.07, 6.45) is 7.98. The zero-order chi connectivity index (χ0) is 24.6. The predicted molar refractivity (Wildman–Crippen MR) is 145 cm³/mol. The molecule has 0 heterocycles. The molecule has 35 heavy (non-hydrogen) atoms. The second kappa shape index (κ2) is 15.4. The minimum absolute atomic E-state index is 0.117. The van der Waals surface area contributed by atoms with E-state index in [9.17, 15) is 4.79 Å². The number of carbonyl (C=O) groups is 1. The van der Waals surface area contributed by atoms with Crippen molar-refractivity contribution in [1.82, 2.24) is 0 Å². The summed E-state index contributed by atoms with van der Waals surface area (Å²) in [5, 5.41) is 6.11. The van der Waals surface area contributed by atoms with E-state index in [-0.39, 0.29) is 12.5 Å². The Morgan fingerprint density at radius 1 is 0.743 bits per heavy atom. The van der Waals surface area contributed by atoms with Crippen LogP contribution < -0.4 is 20.1 Å². The standard InChI is InChI=1S/C30H38N2O3/c1-2-3-4-5-11-22-34-27-20-18-26(19-21-27)32-30(33)24-31-28-16-9-10-17-29(28)35-23-12-15-25-13-7-6-8-14-25/h6-10,13-14,16-21,31H,2-5,11-12,15,22-24H2,1H3,(H,32,33). The van der Waals surface area contributed by atoms with E-state index >= 15 is 0 Å². The number of hydrogen-bond acceptors (Lipinski definition) is 4. The molecule has 0 aromatic heterocycles. The lowest BCUT2D eigenvalue weighted by atomic mass is 10.1. The van der Waals surface area contributed by atoms with E-state index in [1.165, 1.54) is 31.2 Å². The lowest BCUT2D eigenvalue weighted by Gasteiger charge is -2.13. The Hall–Kier alpha value is -3.47. The normalized spacial score (nSPS) is 10.5. The maximum absolute atomic E-state index is 12.5. The van der Waals surface area contributed by atoms with E-state index in [1.807, 2.05) is 54.6 Å². The van der Waals surface area contributed by atoms with Crippen molar-refractivity contribution >= 4 is 17.3 Å². The quantitative estimate of drug-likeness (QED) is 0.217. The minimum Gasteiger partial charge on any atom is -0.494 e. The van der Waals surface area contributed by atoms with Crippen LogP contribution in [0.15, 0.2) is 78.9 Å². The third-order valence-electron chi connectivity index (χ3n) is 5.69. The van der Waals surface area contributed by atoms with Crippen LogP contribution >= 0.6 is 0 Å². The molecule has 0 aliphatic heterocycles. The summed E-state index contributed by atoms with van der Waals surface area (Å²) in [5.41, 5.74) is 2.86. The molecule has 5 nitrogen and oxygen atoms in total. The first kappa shape index (κ1) is 26.1. The Kier molecular flexibility index (Phi) is 11.5. The van der Waals surface area contributed by atoms with Gasteiger partial charge in [-0.25, -0.2) is 0 Å². The van der Waals surface area contributed by atoms with E-state index < -0.39 is 0 Å². The molecule has 186 valence electrons. The number of amides is 1. The van der Waals surface area contributed by atoms with E-state index in [4.69, 9.17) is 9.47 Å². The first-order chi connectivity index (χ1) is 17.2. The molecular formula is C30H38N2O3. The van der Waals surface area contributed by atoms with Gasteiger partial charge in [-0.1, -0.05) is 75.1 Å². The molecule has 0 aliphatic carbocycles. The molecule has 0 atom stereocenters. The molecule has 0 saturated carbocycles. The molecule has 1 amide bonds. The second-order valence-corrected chi connectivity index (χ2v) is 8.62. The van der Waals surface area contributed by atoms with Crippen LogP contribution in [0.5, 0.6) is 11.5 Å². The van der Waals surface area contributed by atoms with Crippen molar-refractivity contribution in [2.75, 3.05) is 30.4 Å². The molecule has 0 unspecified atom stereocenters. The maximum atomic E-state index is 12.5. The number of benzene rings is 3. The highest BCUT2D eigenvalue weighted by atomic mass is 16.5. The average Bonchev–Trinajstić information content (AvgIpc) is 2.89. The van der Waals surface area contributed by atoms with Gasteiger partial charge in [0.05, 0.1) is 25.4 Å². The van der Waals surface area contributed by atoms with Gasteiger partial charge in [-0.05, 0) is 61.2 Å². The van der Waals surface area contributed by atoms with Crippen molar-refractivity contribution in [2.24, 2.45) is 0 Å². The summed E-state index contributed by atoms with van der Waals surface area (Å²) in [5.74, 6) is 1.47. The first-order valence-corrected chi connectivity index (χ1v) is 12.8. The molecule has 0 saturated heterocycles. The zero-order valence-electron chi connectivity index (χ0n) is 20.8. The van der Waals surface area contributed by atoms with Gasteiger partial charge >= 0.3 is 0 Å². The van der Waals surface area contributed by atoms with Gasteiger partial charge in [-0.2, -0.15) is 0 Å². The maximum Gasteiger partial charge on any atom is 0.243 e. The van der Waals surface area contributed by atoms with E-state index in [1.54, 1.807) is 0 Å². The van der Waals surface area contributed by atoms with Crippen LogP contribution in [0.25, 0.3) is 0 Å². The van der Waals surface area contributed by atoms with Gasteiger partial charge < -0.3 is 20.1 Å². The van der Waals surface area contributed by atoms with E-state index in [0.29, 0.717) is 6.61 Å². The van der Waals surface area contributed by atoms with Crippen LogP contribution in [0.3, 0.4) is 0 Å². The zero-order valence-corrected chi connectivity index (χ0v) is 20.8. The molecule has 0 spiro atoms. The number of para-hydroxylation sites is 2. The second-order valence-electron chi connectivity index (χ2n) is 8.62. The Morgan fingerprint density at radius 3 is 2.26 bits per heavy atom. The lowest BCUT2D eigenvalue weighted by molar-refractivity contribution is -0.114. The van der Waals surface area contributed by atoms with Crippen molar-refractivity contribution in [2.45, 2.75) is 51.9 Å². The van der Waals surface area contributed by atoms with Crippen molar-refractivity contribution in [3.63, 3.8) is 0 Å². The molecular weight excluding hydrogens is 436 g/mol. The monoisotopic (exact) mass is 474 g/mol. The minimum atomic E-state index is -0.117. The van der Waals surface area contributed by atoms with Gasteiger partial charge in [-0.3, -0.25) is 4.79 Å². The topological polar surface area (TPSA) is 59.6 Å². The Bertz CT molecular complexity index is 990. The van der Waals surface area contributed by atoms with Gasteiger partial charge in [0, 0.05) is 5.69 Å². The highest BCUT2D eigenvalue weighted by molar-refractivity contribution is 5.94. The van der Waals surface area contributed by atoms with Crippen LogP contribution in [0, 0.1) is 0 Å². The third kappa shape index (κ3) is 10.1. The van der Waals surface area contributed by atoms with Gasteiger partial charge in [0.25, 0.3) is 0 Å². The summed E-state index contributed by atoms with van der Waals surface area (Å²) in [4.78, 5) is 12.5. The molecule has 0 bridgehead atoms. The average molecular weight is 475 g/mol. The number of hydrogen-bond donors (Lipinski definition) is 2. The fourth-order valence-corrected chi connectivity index (χ4v) is 3.75. The van der Waals surface area contributed by atoms with Gasteiger partial charge in [0.15, 0.2) is 0 Å². The van der Waals surface area contributed by atoms with Gasteiger partial charge in [0.1, 0.15) is 11.5 Å². The smallest absolute Gasteiger partial charge is 0.243 e. The Balaban J connectivity index is 1.37. The largest absolute Gasteiger partial charge is 0.494 e. The number of ether oxygens (including phenoxy) is 2. The SMILES string of the molecule is CCCCCCCOc1ccc(NC(=O)CNc2ccccc2OCCCc2ccccc2)cc1. The number of anilines is 2. The first-order valence-electron chi connectivity index (χ1n) is 12.8. The number of carbonyl (C=O) groups excluding carboxylic acids is 1.